The number of hydrogen-bond donors (Lipinski definition) is 1. The highest BCUT2D eigenvalue weighted by molar-refractivity contribution is 7.09. The molecule has 2 heterocycles. The third-order valence-electron chi connectivity index (χ3n) is 3.10. The van der Waals surface area contributed by atoms with Crippen LogP contribution in [0.4, 0.5) is 5.13 Å². The number of aliphatic hydroxyl groups is 1. The van der Waals surface area contributed by atoms with Gasteiger partial charge in [0.25, 0.3) is 0 Å². The standard InChI is InChI=1S/C11H19N3OS/c1-2-10-12-11(16-13-10)14-6-3-4-9(8-14)5-7-15/h9,15H,2-8H2,1H3. The monoisotopic (exact) mass is 241 g/mol. The molecular weight excluding hydrogens is 222 g/mol. The zero-order valence-corrected chi connectivity index (χ0v) is 10.5. The van der Waals surface area contributed by atoms with Gasteiger partial charge >= 0.3 is 0 Å². The molecule has 1 fully saturated rings. The molecule has 1 aromatic heterocycles. The minimum atomic E-state index is 0.300. The first kappa shape index (κ1) is 11.8. The van der Waals surface area contributed by atoms with Gasteiger partial charge in [-0.25, -0.2) is 4.98 Å². The van der Waals surface area contributed by atoms with Crippen LogP contribution in [-0.4, -0.2) is 34.2 Å². The zero-order chi connectivity index (χ0) is 11.4. The summed E-state index contributed by atoms with van der Waals surface area (Å²) in [7, 11) is 0. The molecule has 0 spiro atoms. The SMILES string of the molecule is CCc1nsc(N2CCCC(CCO)C2)n1. The molecule has 1 atom stereocenters. The first-order valence-corrected chi connectivity index (χ1v) is 6.79. The fourth-order valence-electron chi connectivity index (χ4n) is 2.17. The smallest absolute Gasteiger partial charge is 0.205 e. The Bertz CT molecular complexity index is 327. The molecule has 4 nitrogen and oxygen atoms in total. The van der Waals surface area contributed by atoms with Crippen molar-refractivity contribution in [2.75, 3.05) is 24.6 Å². The average Bonchev–Trinajstić information content (AvgIpc) is 2.78. The topological polar surface area (TPSA) is 49.2 Å². The third-order valence-corrected chi connectivity index (χ3v) is 3.92. The second-order valence-corrected chi connectivity index (χ2v) is 5.04. The van der Waals surface area contributed by atoms with E-state index in [-0.39, 0.29) is 0 Å². The zero-order valence-electron chi connectivity index (χ0n) is 9.72. The highest BCUT2D eigenvalue weighted by Gasteiger charge is 2.21. The van der Waals surface area contributed by atoms with Gasteiger partial charge in [-0.3, -0.25) is 0 Å². The molecule has 1 aliphatic heterocycles. The maximum atomic E-state index is 8.97. The lowest BCUT2D eigenvalue weighted by Crippen LogP contribution is -2.35. The van der Waals surface area contributed by atoms with Crippen molar-refractivity contribution in [3.05, 3.63) is 5.82 Å². The number of nitrogens with zero attached hydrogens (tertiary/aromatic N) is 3. The summed E-state index contributed by atoms with van der Waals surface area (Å²) in [4.78, 5) is 6.84. The molecule has 1 saturated heterocycles. The summed E-state index contributed by atoms with van der Waals surface area (Å²) >= 11 is 1.50. The molecule has 16 heavy (non-hydrogen) atoms. The summed E-state index contributed by atoms with van der Waals surface area (Å²) in [6, 6.07) is 0. The van der Waals surface area contributed by atoms with Crippen LogP contribution >= 0.6 is 11.5 Å². The van der Waals surface area contributed by atoms with E-state index < -0.39 is 0 Å². The highest BCUT2D eigenvalue weighted by Crippen LogP contribution is 2.26. The summed E-state index contributed by atoms with van der Waals surface area (Å²) in [6.45, 7) is 4.49. The van der Waals surface area contributed by atoms with Crippen LogP contribution < -0.4 is 4.90 Å². The normalized spacial score (nSPS) is 21.4. The molecule has 1 aliphatic rings. The minimum absolute atomic E-state index is 0.300. The fourth-order valence-corrected chi connectivity index (χ4v) is 2.96. The lowest BCUT2D eigenvalue weighted by atomic mass is 9.95. The van der Waals surface area contributed by atoms with Crippen LogP contribution in [0.1, 0.15) is 32.0 Å². The summed E-state index contributed by atoms with van der Waals surface area (Å²) < 4.78 is 4.32. The van der Waals surface area contributed by atoms with Gasteiger partial charge in [-0.05, 0) is 25.2 Å². The molecule has 0 bridgehead atoms. The van der Waals surface area contributed by atoms with E-state index in [4.69, 9.17) is 5.11 Å². The Balaban J connectivity index is 1.98. The van der Waals surface area contributed by atoms with Crippen molar-refractivity contribution in [3.63, 3.8) is 0 Å². The molecule has 0 radical (unpaired) electrons. The van der Waals surface area contributed by atoms with Crippen LogP contribution in [0.3, 0.4) is 0 Å². The highest BCUT2D eigenvalue weighted by atomic mass is 32.1. The van der Waals surface area contributed by atoms with Gasteiger partial charge in [0.2, 0.25) is 5.13 Å². The van der Waals surface area contributed by atoms with E-state index in [9.17, 15) is 0 Å². The van der Waals surface area contributed by atoms with Crippen LogP contribution in [0, 0.1) is 5.92 Å². The Hall–Kier alpha value is -0.680. The second-order valence-electron chi connectivity index (χ2n) is 4.31. The van der Waals surface area contributed by atoms with E-state index >= 15 is 0 Å². The molecule has 0 aromatic carbocycles. The number of aromatic nitrogens is 2. The van der Waals surface area contributed by atoms with Gasteiger partial charge in [-0.15, -0.1) is 0 Å². The van der Waals surface area contributed by atoms with Crippen molar-refractivity contribution in [2.45, 2.75) is 32.6 Å². The van der Waals surface area contributed by atoms with Gasteiger partial charge in [0, 0.05) is 37.6 Å². The van der Waals surface area contributed by atoms with E-state index in [1.807, 2.05) is 0 Å². The molecule has 0 aliphatic carbocycles. The number of anilines is 1. The molecule has 0 saturated carbocycles. The molecule has 1 unspecified atom stereocenters. The molecular formula is C11H19N3OS. The van der Waals surface area contributed by atoms with Crippen LogP contribution in [-0.2, 0) is 6.42 Å². The quantitative estimate of drug-likeness (QED) is 0.871. The third kappa shape index (κ3) is 2.71. The second kappa shape index (κ2) is 5.59. The van der Waals surface area contributed by atoms with E-state index in [1.54, 1.807) is 0 Å². The van der Waals surface area contributed by atoms with Crippen molar-refractivity contribution in [3.8, 4) is 0 Å². The fraction of sp³-hybridized carbons (Fsp3) is 0.818. The van der Waals surface area contributed by atoms with Crippen molar-refractivity contribution >= 4 is 16.7 Å². The van der Waals surface area contributed by atoms with Crippen LogP contribution in [0.2, 0.25) is 0 Å². The Morgan fingerprint density at radius 3 is 3.12 bits per heavy atom. The maximum absolute atomic E-state index is 8.97. The van der Waals surface area contributed by atoms with Crippen molar-refractivity contribution < 1.29 is 5.11 Å². The largest absolute Gasteiger partial charge is 0.396 e. The number of aliphatic hydroxyl groups excluding tert-OH is 1. The van der Waals surface area contributed by atoms with Crippen LogP contribution in [0.15, 0.2) is 0 Å². The van der Waals surface area contributed by atoms with Crippen molar-refractivity contribution in [2.24, 2.45) is 5.92 Å². The Kier molecular flexibility index (Phi) is 4.12. The molecule has 1 aromatic rings. The number of piperidine rings is 1. The van der Waals surface area contributed by atoms with E-state index in [2.05, 4.69) is 21.2 Å². The summed E-state index contributed by atoms with van der Waals surface area (Å²) in [5.41, 5.74) is 0. The van der Waals surface area contributed by atoms with Crippen molar-refractivity contribution in [1.82, 2.24) is 9.36 Å². The molecule has 0 amide bonds. The van der Waals surface area contributed by atoms with Gasteiger partial charge in [0.1, 0.15) is 5.82 Å². The molecule has 2 rings (SSSR count). The Morgan fingerprint density at radius 1 is 1.56 bits per heavy atom. The van der Waals surface area contributed by atoms with Gasteiger partial charge in [0.15, 0.2) is 0 Å². The number of rotatable bonds is 4. The maximum Gasteiger partial charge on any atom is 0.205 e. The predicted molar refractivity (Wildman–Crippen MR) is 65.9 cm³/mol. The van der Waals surface area contributed by atoms with E-state index in [1.165, 1.54) is 24.4 Å². The molecule has 90 valence electrons. The first-order valence-electron chi connectivity index (χ1n) is 6.02. The van der Waals surface area contributed by atoms with Gasteiger partial charge in [-0.1, -0.05) is 6.92 Å². The Labute approximate surface area is 100 Å². The van der Waals surface area contributed by atoms with Crippen LogP contribution in [0.25, 0.3) is 0 Å². The predicted octanol–water partition coefficient (Wildman–Crippen LogP) is 1.70. The lowest BCUT2D eigenvalue weighted by Gasteiger charge is -2.31. The summed E-state index contributed by atoms with van der Waals surface area (Å²) in [5, 5.41) is 10.0. The average molecular weight is 241 g/mol. The van der Waals surface area contributed by atoms with Gasteiger partial charge < -0.3 is 10.0 Å². The first-order chi connectivity index (χ1) is 7.83. The van der Waals surface area contributed by atoms with Gasteiger partial charge in [-0.2, -0.15) is 4.37 Å². The van der Waals surface area contributed by atoms with E-state index in [0.29, 0.717) is 12.5 Å². The Morgan fingerprint density at radius 2 is 2.44 bits per heavy atom. The lowest BCUT2D eigenvalue weighted by molar-refractivity contribution is 0.244. The van der Waals surface area contributed by atoms with E-state index in [0.717, 1.165) is 36.9 Å². The molecule has 1 N–H and O–H groups in total. The number of hydrogen-bond acceptors (Lipinski definition) is 5. The number of aryl methyl sites for hydroxylation is 1. The van der Waals surface area contributed by atoms with Crippen LogP contribution in [0.5, 0.6) is 0 Å². The van der Waals surface area contributed by atoms with Gasteiger partial charge in [0.05, 0.1) is 0 Å². The minimum Gasteiger partial charge on any atom is -0.396 e. The molecule has 5 heteroatoms. The summed E-state index contributed by atoms with van der Waals surface area (Å²) in [6.07, 6.45) is 4.25. The summed E-state index contributed by atoms with van der Waals surface area (Å²) in [5.74, 6) is 1.57. The van der Waals surface area contributed by atoms with Crippen molar-refractivity contribution in [1.29, 1.82) is 0 Å².